The molecule has 0 bridgehead atoms. The number of hydrogen-bond acceptors (Lipinski definition) is 3. The zero-order valence-electron chi connectivity index (χ0n) is 12.6. The second-order valence-electron chi connectivity index (χ2n) is 5.93. The van der Waals surface area contributed by atoms with E-state index in [9.17, 15) is 0 Å². The lowest BCUT2D eigenvalue weighted by atomic mass is 9.82. The van der Waals surface area contributed by atoms with Crippen molar-refractivity contribution < 1.29 is 4.74 Å². The Morgan fingerprint density at radius 3 is 2.42 bits per heavy atom. The minimum Gasteiger partial charge on any atom is -0.496 e. The van der Waals surface area contributed by atoms with E-state index in [1.54, 1.807) is 7.11 Å². The third kappa shape index (κ3) is 2.49. The fraction of sp³-hybridized carbons (Fsp3) is 0.625. The van der Waals surface area contributed by atoms with Crippen LogP contribution >= 0.6 is 0 Å². The van der Waals surface area contributed by atoms with E-state index in [0.29, 0.717) is 0 Å². The maximum Gasteiger partial charge on any atom is 0.123 e. The summed E-state index contributed by atoms with van der Waals surface area (Å²) in [6.07, 6.45) is 4.86. The Hall–Kier alpha value is -1.06. The minimum atomic E-state index is -0.000139. The fourth-order valence-electron chi connectivity index (χ4n) is 3.41. The fourth-order valence-corrected chi connectivity index (χ4v) is 3.41. The molecule has 0 spiro atoms. The van der Waals surface area contributed by atoms with Gasteiger partial charge >= 0.3 is 0 Å². The molecule has 0 heterocycles. The summed E-state index contributed by atoms with van der Waals surface area (Å²) >= 11 is 0. The molecule has 1 aliphatic carbocycles. The number of ether oxygens (including phenoxy) is 1. The van der Waals surface area contributed by atoms with Crippen molar-refractivity contribution in [3.63, 3.8) is 0 Å². The SMILES string of the molecule is COc1ccc(C)cc1C(N)C1(N(C)C)CCCC1. The van der Waals surface area contributed by atoms with E-state index in [2.05, 4.69) is 38.1 Å². The molecule has 0 radical (unpaired) electrons. The zero-order valence-corrected chi connectivity index (χ0v) is 12.6. The van der Waals surface area contributed by atoms with Crippen LogP contribution in [0.15, 0.2) is 18.2 Å². The monoisotopic (exact) mass is 262 g/mol. The Labute approximate surface area is 116 Å². The van der Waals surface area contributed by atoms with Gasteiger partial charge in [-0.3, -0.25) is 0 Å². The van der Waals surface area contributed by atoms with Crippen LogP contribution < -0.4 is 10.5 Å². The van der Waals surface area contributed by atoms with Gasteiger partial charge in [0.05, 0.1) is 13.2 Å². The van der Waals surface area contributed by atoms with Gasteiger partial charge in [-0.15, -0.1) is 0 Å². The molecule has 1 aromatic rings. The van der Waals surface area contributed by atoms with E-state index in [1.165, 1.54) is 18.4 Å². The molecule has 2 rings (SSSR count). The summed E-state index contributed by atoms with van der Waals surface area (Å²) in [7, 11) is 6.01. The quantitative estimate of drug-likeness (QED) is 0.906. The van der Waals surface area contributed by atoms with Gasteiger partial charge in [0.1, 0.15) is 5.75 Å². The normalized spacial score (nSPS) is 19.7. The molecule has 1 aromatic carbocycles. The van der Waals surface area contributed by atoms with Gasteiger partial charge in [0.2, 0.25) is 0 Å². The van der Waals surface area contributed by atoms with Crippen LogP contribution in [-0.2, 0) is 0 Å². The maximum atomic E-state index is 6.66. The van der Waals surface area contributed by atoms with Crippen LogP contribution in [0.5, 0.6) is 5.75 Å². The smallest absolute Gasteiger partial charge is 0.123 e. The van der Waals surface area contributed by atoms with Gasteiger partial charge in [0.15, 0.2) is 0 Å². The molecule has 1 aliphatic rings. The zero-order chi connectivity index (χ0) is 14.0. The number of methoxy groups -OCH3 is 1. The van der Waals surface area contributed by atoms with E-state index in [1.807, 2.05) is 6.07 Å². The van der Waals surface area contributed by atoms with Crippen LogP contribution in [0.4, 0.5) is 0 Å². The summed E-state index contributed by atoms with van der Waals surface area (Å²) < 4.78 is 5.51. The van der Waals surface area contributed by atoms with E-state index in [-0.39, 0.29) is 11.6 Å². The molecule has 0 saturated heterocycles. The van der Waals surface area contributed by atoms with Crippen molar-refractivity contribution in [2.45, 2.75) is 44.2 Å². The number of hydrogen-bond donors (Lipinski definition) is 1. The lowest BCUT2D eigenvalue weighted by Crippen LogP contribution is -2.50. The Morgan fingerprint density at radius 1 is 1.26 bits per heavy atom. The molecule has 106 valence electrons. The molecule has 3 heteroatoms. The first-order valence-electron chi connectivity index (χ1n) is 7.09. The van der Waals surface area contributed by atoms with Crippen molar-refractivity contribution >= 4 is 0 Å². The van der Waals surface area contributed by atoms with Crippen molar-refractivity contribution in [2.24, 2.45) is 5.73 Å². The Balaban J connectivity index is 2.42. The lowest BCUT2D eigenvalue weighted by molar-refractivity contribution is 0.122. The van der Waals surface area contributed by atoms with Crippen molar-refractivity contribution in [1.82, 2.24) is 4.90 Å². The number of benzene rings is 1. The third-order valence-electron chi connectivity index (χ3n) is 4.66. The van der Waals surface area contributed by atoms with E-state index >= 15 is 0 Å². The van der Waals surface area contributed by atoms with Crippen LogP contribution in [0.1, 0.15) is 42.9 Å². The summed E-state index contributed by atoms with van der Waals surface area (Å²) in [5.74, 6) is 0.909. The summed E-state index contributed by atoms with van der Waals surface area (Å²) in [4.78, 5) is 2.31. The van der Waals surface area contributed by atoms with Crippen LogP contribution in [0.25, 0.3) is 0 Å². The van der Waals surface area contributed by atoms with E-state index < -0.39 is 0 Å². The number of likely N-dealkylation sites (N-methyl/N-ethyl adjacent to an activating group) is 1. The molecule has 0 aromatic heterocycles. The van der Waals surface area contributed by atoms with Crippen molar-refractivity contribution in [3.05, 3.63) is 29.3 Å². The molecule has 19 heavy (non-hydrogen) atoms. The second kappa shape index (κ2) is 5.51. The highest BCUT2D eigenvalue weighted by atomic mass is 16.5. The minimum absolute atomic E-state index is 0.000139. The van der Waals surface area contributed by atoms with Gasteiger partial charge in [-0.25, -0.2) is 0 Å². The summed E-state index contributed by atoms with van der Waals surface area (Å²) in [6.45, 7) is 2.10. The van der Waals surface area contributed by atoms with Gasteiger partial charge in [0, 0.05) is 11.1 Å². The lowest BCUT2D eigenvalue weighted by Gasteiger charge is -2.42. The highest BCUT2D eigenvalue weighted by Crippen LogP contribution is 2.44. The first-order valence-corrected chi connectivity index (χ1v) is 7.09. The highest BCUT2D eigenvalue weighted by Gasteiger charge is 2.43. The number of nitrogens with zero attached hydrogens (tertiary/aromatic N) is 1. The summed E-state index contributed by atoms with van der Waals surface area (Å²) in [5.41, 5.74) is 9.10. The number of aryl methyl sites for hydroxylation is 1. The molecule has 1 fully saturated rings. The van der Waals surface area contributed by atoms with Gasteiger partial charge in [-0.1, -0.05) is 30.5 Å². The third-order valence-corrected chi connectivity index (χ3v) is 4.66. The Bertz CT molecular complexity index is 436. The molecule has 3 nitrogen and oxygen atoms in total. The van der Waals surface area contributed by atoms with Gasteiger partial charge in [-0.2, -0.15) is 0 Å². The predicted molar refractivity (Wildman–Crippen MR) is 79.5 cm³/mol. The molecular formula is C16H26N2O. The van der Waals surface area contributed by atoms with Crippen LogP contribution in [-0.4, -0.2) is 31.6 Å². The molecular weight excluding hydrogens is 236 g/mol. The first-order chi connectivity index (χ1) is 9.01. The average Bonchev–Trinajstić information content (AvgIpc) is 2.88. The molecule has 1 saturated carbocycles. The first kappa shape index (κ1) is 14.4. The predicted octanol–water partition coefficient (Wildman–Crippen LogP) is 2.88. The van der Waals surface area contributed by atoms with Gasteiger partial charge in [-0.05, 0) is 39.9 Å². The van der Waals surface area contributed by atoms with Crippen LogP contribution in [0.3, 0.4) is 0 Å². The summed E-state index contributed by atoms with van der Waals surface area (Å²) in [5, 5.41) is 0. The molecule has 1 atom stereocenters. The molecule has 1 unspecified atom stereocenters. The van der Waals surface area contributed by atoms with Gasteiger partial charge < -0.3 is 15.4 Å². The van der Waals surface area contributed by atoms with Crippen LogP contribution in [0, 0.1) is 6.92 Å². The standard InChI is InChI=1S/C16H26N2O/c1-12-7-8-14(19-4)13(11-12)15(17)16(18(2)3)9-5-6-10-16/h7-8,11,15H,5-6,9-10,17H2,1-4H3. The number of rotatable bonds is 4. The highest BCUT2D eigenvalue weighted by molar-refractivity contribution is 5.41. The van der Waals surface area contributed by atoms with E-state index in [0.717, 1.165) is 24.2 Å². The molecule has 0 amide bonds. The van der Waals surface area contributed by atoms with Crippen molar-refractivity contribution in [1.29, 1.82) is 0 Å². The summed E-state index contributed by atoms with van der Waals surface area (Å²) in [6, 6.07) is 6.28. The topological polar surface area (TPSA) is 38.5 Å². The van der Waals surface area contributed by atoms with Crippen molar-refractivity contribution in [2.75, 3.05) is 21.2 Å². The van der Waals surface area contributed by atoms with E-state index in [4.69, 9.17) is 10.5 Å². The average molecular weight is 262 g/mol. The largest absolute Gasteiger partial charge is 0.496 e. The van der Waals surface area contributed by atoms with Gasteiger partial charge in [0.25, 0.3) is 0 Å². The van der Waals surface area contributed by atoms with Crippen LogP contribution in [0.2, 0.25) is 0 Å². The second-order valence-corrected chi connectivity index (χ2v) is 5.93. The maximum absolute atomic E-state index is 6.66. The Kier molecular flexibility index (Phi) is 4.16. The molecule has 0 aliphatic heterocycles. The number of nitrogens with two attached hydrogens (primary N) is 1. The Morgan fingerprint density at radius 2 is 1.89 bits per heavy atom. The molecule has 2 N–H and O–H groups in total. The van der Waals surface area contributed by atoms with Crippen molar-refractivity contribution in [3.8, 4) is 5.75 Å².